The number of nitrogens with zero attached hydrogens (tertiary/aromatic N) is 1. The second kappa shape index (κ2) is 7.57. The molecule has 2 N–H and O–H groups in total. The summed E-state index contributed by atoms with van der Waals surface area (Å²) in [4.78, 5) is 4.25. The van der Waals surface area contributed by atoms with Crippen LogP contribution >= 0.6 is 11.8 Å². The van der Waals surface area contributed by atoms with Crippen LogP contribution in [0.1, 0.15) is 39.0 Å². The molecule has 0 amide bonds. The van der Waals surface area contributed by atoms with Crippen molar-refractivity contribution in [1.82, 2.24) is 4.98 Å². The third kappa shape index (κ3) is 5.67. The van der Waals surface area contributed by atoms with Crippen molar-refractivity contribution >= 4 is 17.4 Å². The number of pyridine rings is 1. The molecule has 1 heterocycles. The van der Waals surface area contributed by atoms with Gasteiger partial charge in [0.2, 0.25) is 0 Å². The van der Waals surface area contributed by atoms with E-state index in [-0.39, 0.29) is 0 Å². The zero-order valence-electron chi connectivity index (χ0n) is 9.41. The van der Waals surface area contributed by atoms with Crippen molar-refractivity contribution in [3.05, 3.63) is 18.3 Å². The van der Waals surface area contributed by atoms with Gasteiger partial charge >= 0.3 is 0 Å². The van der Waals surface area contributed by atoms with Crippen LogP contribution in [0.5, 0.6) is 0 Å². The summed E-state index contributed by atoms with van der Waals surface area (Å²) in [6, 6.07) is 3.90. The van der Waals surface area contributed by atoms with Crippen LogP contribution in [-0.2, 0) is 0 Å². The Morgan fingerprint density at radius 2 is 2.00 bits per heavy atom. The van der Waals surface area contributed by atoms with Crippen molar-refractivity contribution in [3.63, 3.8) is 0 Å². The van der Waals surface area contributed by atoms with Gasteiger partial charge in [-0.3, -0.25) is 0 Å². The van der Waals surface area contributed by atoms with Crippen LogP contribution in [0.3, 0.4) is 0 Å². The molecule has 0 spiro atoms. The highest BCUT2D eigenvalue weighted by Crippen LogP contribution is 2.18. The number of anilines is 1. The van der Waals surface area contributed by atoms with E-state index in [0.717, 1.165) is 10.7 Å². The maximum Gasteiger partial charge on any atom is 0.0961 e. The number of nitrogens with two attached hydrogens (primary N) is 1. The lowest BCUT2D eigenvalue weighted by Gasteiger charge is -2.01. The van der Waals surface area contributed by atoms with Crippen molar-refractivity contribution in [2.75, 3.05) is 11.5 Å². The third-order valence-electron chi connectivity index (χ3n) is 2.26. The average Bonchev–Trinajstić information content (AvgIpc) is 2.26. The Labute approximate surface area is 96.7 Å². The van der Waals surface area contributed by atoms with Crippen LogP contribution in [0.25, 0.3) is 0 Å². The van der Waals surface area contributed by atoms with Crippen molar-refractivity contribution < 1.29 is 0 Å². The third-order valence-corrected chi connectivity index (χ3v) is 3.29. The maximum atomic E-state index is 5.56. The Morgan fingerprint density at radius 1 is 1.20 bits per heavy atom. The van der Waals surface area contributed by atoms with Gasteiger partial charge in [-0.15, -0.1) is 11.8 Å². The standard InChI is InChI=1S/C12H20N2S/c1-2-3-4-5-6-9-15-12-8-7-11(13)10-14-12/h7-8,10H,2-6,9,13H2,1H3. The number of hydrogen-bond donors (Lipinski definition) is 1. The Morgan fingerprint density at radius 3 is 2.67 bits per heavy atom. The van der Waals surface area contributed by atoms with E-state index in [9.17, 15) is 0 Å². The summed E-state index contributed by atoms with van der Waals surface area (Å²) in [6.07, 6.45) is 8.40. The molecule has 0 aliphatic carbocycles. The van der Waals surface area contributed by atoms with Gasteiger partial charge in [0.25, 0.3) is 0 Å². The summed E-state index contributed by atoms with van der Waals surface area (Å²) < 4.78 is 0. The van der Waals surface area contributed by atoms with Crippen molar-refractivity contribution in [1.29, 1.82) is 0 Å². The van der Waals surface area contributed by atoms with Crippen LogP contribution in [0, 0.1) is 0 Å². The van der Waals surface area contributed by atoms with Gasteiger partial charge in [-0.05, 0) is 24.3 Å². The molecule has 1 aromatic heterocycles. The lowest BCUT2D eigenvalue weighted by molar-refractivity contribution is 0.659. The van der Waals surface area contributed by atoms with Crippen LogP contribution in [0.2, 0.25) is 0 Å². The molecule has 3 heteroatoms. The van der Waals surface area contributed by atoms with E-state index < -0.39 is 0 Å². The summed E-state index contributed by atoms with van der Waals surface area (Å²) >= 11 is 1.82. The number of unbranched alkanes of at least 4 members (excludes halogenated alkanes) is 4. The smallest absolute Gasteiger partial charge is 0.0961 e. The van der Waals surface area contributed by atoms with Gasteiger partial charge < -0.3 is 5.73 Å². The minimum atomic E-state index is 0.738. The molecular formula is C12H20N2S. The molecule has 0 atom stereocenters. The van der Waals surface area contributed by atoms with Crippen molar-refractivity contribution in [3.8, 4) is 0 Å². The van der Waals surface area contributed by atoms with Crippen molar-refractivity contribution in [2.24, 2.45) is 0 Å². The largest absolute Gasteiger partial charge is 0.397 e. The summed E-state index contributed by atoms with van der Waals surface area (Å²) in [5.74, 6) is 1.17. The molecule has 0 aliphatic rings. The molecule has 0 unspecified atom stereocenters. The molecule has 1 aromatic rings. The van der Waals surface area contributed by atoms with Crippen LogP contribution in [0.4, 0.5) is 5.69 Å². The Hall–Kier alpha value is -0.700. The lowest BCUT2D eigenvalue weighted by Crippen LogP contribution is -1.88. The zero-order chi connectivity index (χ0) is 10.9. The molecule has 84 valence electrons. The first-order valence-electron chi connectivity index (χ1n) is 5.67. The Kier molecular flexibility index (Phi) is 6.25. The summed E-state index contributed by atoms with van der Waals surface area (Å²) in [5.41, 5.74) is 6.30. The number of hydrogen-bond acceptors (Lipinski definition) is 3. The number of rotatable bonds is 7. The second-order valence-corrected chi connectivity index (χ2v) is 4.81. The summed E-state index contributed by atoms with van der Waals surface area (Å²) in [5, 5.41) is 1.08. The topological polar surface area (TPSA) is 38.9 Å². The van der Waals surface area contributed by atoms with E-state index in [1.165, 1.54) is 37.9 Å². The van der Waals surface area contributed by atoms with E-state index in [4.69, 9.17) is 5.73 Å². The van der Waals surface area contributed by atoms with Crippen LogP contribution in [0.15, 0.2) is 23.4 Å². The van der Waals surface area contributed by atoms with Crippen LogP contribution < -0.4 is 5.73 Å². The van der Waals surface area contributed by atoms with E-state index in [0.29, 0.717) is 0 Å². The van der Waals surface area contributed by atoms with Crippen LogP contribution in [-0.4, -0.2) is 10.7 Å². The number of thioether (sulfide) groups is 1. The Bertz CT molecular complexity index is 259. The molecule has 0 saturated heterocycles. The average molecular weight is 224 g/mol. The van der Waals surface area contributed by atoms with Gasteiger partial charge in [0, 0.05) is 0 Å². The zero-order valence-corrected chi connectivity index (χ0v) is 10.2. The quantitative estimate of drug-likeness (QED) is 0.566. The molecule has 0 aromatic carbocycles. The number of aromatic nitrogens is 1. The fraction of sp³-hybridized carbons (Fsp3) is 0.583. The summed E-state index contributed by atoms with van der Waals surface area (Å²) in [6.45, 7) is 2.24. The molecular weight excluding hydrogens is 204 g/mol. The molecule has 0 radical (unpaired) electrons. The molecule has 0 saturated carbocycles. The lowest BCUT2D eigenvalue weighted by atomic mass is 10.2. The highest BCUT2D eigenvalue weighted by Gasteiger charge is 1.95. The molecule has 1 rings (SSSR count). The Balaban J connectivity index is 2.07. The molecule has 15 heavy (non-hydrogen) atoms. The number of nitrogen functional groups attached to an aromatic ring is 1. The summed E-state index contributed by atoms with van der Waals surface area (Å²) in [7, 11) is 0. The SMILES string of the molecule is CCCCCCCSc1ccc(N)cn1. The predicted octanol–water partition coefficient (Wildman–Crippen LogP) is 3.73. The highest BCUT2D eigenvalue weighted by molar-refractivity contribution is 7.99. The van der Waals surface area contributed by atoms with E-state index >= 15 is 0 Å². The molecule has 2 nitrogen and oxygen atoms in total. The minimum Gasteiger partial charge on any atom is -0.397 e. The van der Waals surface area contributed by atoms with Gasteiger partial charge in [-0.25, -0.2) is 4.98 Å². The highest BCUT2D eigenvalue weighted by atomic mass is 32.2. The molecule has 0 fully saturated rings. The van der Waals surface area contributed by atoms with Crippen molar-refractivity contribution in [2.45, 2.75) is 44.1 Å². The first-order valence-corrected chi connectivity index (χ1v) is 6.66. The van der Waals surface area contributed by atoms with Gasteiger partial charge in [0.15, 0.2) is 0 Å². The predicted molar refractivity (Wildman–Crippen MR) is 68.1 cm³/mol. The van der Waals surface area contributed by atoms with Gasteiger partial charge in [-0.1, -0.05) is 32.6 Å². The fourth-order valence-corrected chi connectivity index (χ4v) is 2.21. The van der Waals surface area contributed by atoms with E-state index in [2.05, 4.69) is 11.9 Å². The molecule has 0 bridgehead atoms. The monoisotopic (exact) mass is 224 g/mol. The van der Waals surface area contributed by atoms with E-state index in [1.54, 1.807) is 6.20 Å². The fourth-order valence-electron chi connectivity index (χ4n) is 1.36. The van der Waals surface area contributed by atoms with Gasteiger partial charge in [0.1, 0.15) is 0 Å². The maximum absolute atomic E-state index is 5.56. The second-order valence-electron chi connectivity index (χ2n) is 3.69. The molecule has 0 aliphatic heterocycles. The van der Waals surface area contributed by atoms with Gasteiger partial charge in [-0.2, -0.15) is 0 Å². The first-order chi connectivity index (χ1) is 7.33. The normalized spacial score (nSPS) is 10.5. The van der Waals surface area contributed by atoms with E-state index in [1.807, 2.05) is 23.9 Å². The minimum absolute atomic E-state index is 0.738. The van der Waals surface area contributed by atoms with Gasteiger partial charge in [0.05, 0.1) is 16.9 Å². The first kappa shape index (κ1) is 12.4.